The van der Waals surface area contributed by atoms with Crippen LogP contribution in [0.25, 0.3) is 6.08 Å². The summed E-state index contributed by atoms with van der Waals surface area (Å²) in [6.07, 6.45) is 6.78. The summed E-state index contributed by atoms with van der Waals surface area (Å²) >= 11 is 4.19. The van der Waals surface area contributed by atoms with E-state index in [-0.39, 0.29) is 18.1 Å². The minimum atomic E-state index is -0.544. The molecule has 1 heterocycles. The van der Waals surface area contributed by atoms with Crippen LogP contribution in [0.5, 0.6) is 11.5 Å². The van der Waals surface area contributed by atoms with Crippen molar-refractivity contribution in [2.24, 2.45) is 0 Å². The molecule has 32 heavy (non-hydrogen) atoms. The number of carbonyl (C=O) groups is 3. The molecule has 164 valence electrons. The number of methoxy groups -OCH3 is 1. The average Bonchev–Trinajstić information content (AvgIpc) is 3.02. The number of imide groups is 1. The Hall–Kier alpha value is -3.22. The third-order valence-electron chi connectivity index (χ3n) is 4.39. The highest BCUT2D eigenvalue weighted by atomic mass is 79.9. The van der Waals surface area contributed by atoms with Crippen molar-refractivity contribution < 1.29 is 23.9 Å². The number of ether oxygens (including phenoxy) is 2. The summed E-state index contributed by atoms with van der Waals surface area (Å²) in [5, 5.41) is 2.17. The standard InChI is InChI=1S/C23H19BrN2O5S/c1-4-9-31-19-12-17(24)15(10-18(19)30-3)11-20-22(28)26(23(29)32-20)13-21(27)25-16-7-5-14(2)6-8-16/h1,5-8,10-12H,9,13H2,2-3H3,(H,25,27). The molecule has 0 saturated carbocycles. The van der Waals surface area contributed by atoms with Gasteiger partial charge in [-0.25, -0.2) is 0 Å². The van der Waals surface area contributed by atoms with E-state index in [9.17, 15) is 14.4 Å². The van der Waals surface area contributed by atoms with Crippen molar-refractivity contribution in [3.63, 3.8) is 0 Å². The Morgan fingerprint density at radius 3 is 2.62 bits per heavy atom. The molecule has 2 aromatic carbocycles. The van der Waals surface area contributed by atoms with Crippen molar-refractivity contribution in [3.05, 3.63) is 56.9 Å². The fraction of sp³-hybridized carbons (Fsp3) is 0.174. The van der Waals surface area contributed by atoms with Gasteiger partial charge in [-0.1, -0.05) is 39.5 Å². The molecule has 0 aliphatic carbocycles. The third kappa shape index (κ3) is 5.52. The molecule has 0 aromatic heterocycles. The van der Waals surface area contributed by atoms with Crippen molar-refractivity contribution in [1.82, 2.24) is 4.90 Å². The first-order valence-corrected chi connectivity index (χ1v) is 11.0. The first kappa shape index (κ1) is 23.4. The molecule has 2 aromatic rings. The van der Waals surface area contributed by atoms with Crippen molar-refractivity contribution in [3.8, 4) is 23.8 Å². The lowest BCUT2D eigenvalue weighted by atomic mass is 10.2. The van der Waals surface area contributed by atoms with Gasteiger partial charge in [-0.3, -0.25) is 19.3 Å². The number of nitrogens with zero attached hydrogens (tertiary/aromatic N) is 1. The van der Waals surface area contributed by atoms with Gasteiger partial charge in [-0.2, -0.15) is 0 Å². The van der Waals surface area contributed by atoms with Crippen molar-refractivity contribution in [2.75, 3.05) is 25.6 Å². The van der Waals surface area contributed by atoms with Crippen molar-refractivity contribution in [2.45, 2.75) is 6.92 Å². The molecule has 1 aliphatic heterocycles. The van der Waals surface area contributed by atoms with Gasteiger partial charge in [0, 0.05) is 10.2 Å². The second-order valence-electron chi connectivity index (χ2n) is 6.70. The number of carbonyl (C=O) groups excluding carboxylic acids is 3. The maximum Gasteiger partial charge on any atom is 0.294 e. The first-order valence-electron chi connectivity index (χ1n) is 9.38. The van der Waals surface area contributed by atoms with Crippen LogP contribution < -0.4 is 14.8 Å². The number of terminal acetylenes is 1. The average molecular weight is 515 g/mol. The Balaban J connectivity index is 1.75. The van der Waals surface area contributed by atoms with E-state index < -0.39 is 17.1 Å². The van der Waals surface area contributed by atoms with Crippen LogP contribution >= 0.6 is 27.7 Å². The van der Waals surface area contributed by atoms with E-state index in [2.05, 4.69) is 27.2 Å². The SMILES string of the molecule is C#CCOc1cc(Br)c(C=C2SC(=O)N(CC(=O)Nc3ccc(C)cc3)C2=O)cc1OC. The van der Waals surface area contributed by atoms with Gasteiger partial charge in [0.1, 0.15) is 13.2 Å². The van der Waals surface area contributed by atoms with Crippen LogP contribution in [0.15, 0.2) is 45.8 Å². The summed E-state index contributed by atoms with van der Waals surface area (Å²) in [6.45, 7) is 1.63. The Labute approximate surface area is 198 Å². The molecule has 1 saturated heterocycles. The van der Waals surface area contributed by atoms with Crippen molar-refractivity contribution >= 4 is 56.5 Å². The molecule has 0 unspecified atom stereocenters. The number of nitrogens with one attached hydrogen (secondary N) is 1. The number of aryl methyl sites for hydroxylation is 1. The molecule has 0 bridgehead atoms. The van der Waals surface area contributed by atoms with Crippen LogP contribution in [0, 0.1) is 19.3 Å². The summed E-state index contributed by atoms with van der Waals surface area (Å²) in [6, 6.07) is 10.5. The normalized spacial score (nSPS) is 14.4. The second-order valence-corrected chi connectivity index (χ2v) is 8.55. The number of anilines is 1. The fourth-order valence-corrected chi connectivity index (χ4v) is 4.08. The monoisotopic (exact) mass is 514 g/mol. The highest BCUT2D eigenvalue weighted by Crippen LogP contribution is 2.38. The zero-order chi connectivity index (χ0) is 23.3. The lowest BCUT2D eigenvalue weighted by Gasteiger charge is -2.13. The molecule has 1 aliphatic rings. The van der Waals surface area contributed by atoms with E-state index in [0.29, 0.717) is 27.2 Å². The largest absolute Gasteiger partial charge is 0.493 e. The van der Waals surface area contributed by atoms with Crippen LogP contribution in [-0.2, 0) is 9.59 Å². The molecular formula is C23H19BrN2O5S. The fourth-order valence-electron chi connectivity index (χ4n) is 2.81. The Kier molecular flexibility index (Phi) is 7.62. The smallest absolute Gasteiger partial charge is 0.294 e. The summed E-state index contributed by atoms with van der Waals surface area (Å²) in [5.41, 5.74) is 2.24. The zero-order valence-corrected chi connectivity index (χ0v) is 19.7. The number of amides is 3. The van der Waals surface area contributed by atoms with E-state index in [0.717, 1.165) is 22.2 Å². The molecule has 0 radical (unpaired) electrons. The van der Waals surface area contributed by atoms with E-state index in [1.165, 1.54) is 7.11 Å². The van der Waals surface area contributed by atoms with Gasteiger partial charge in [0.25, 0.3) is 11.1 Å². The molecule has 1 fully saturated rings. The molecule has 7 nitrogen and oxygen atoms in total. The minimum absolute atomic E-state index is 0.0751. The number of halogens is 1. The predicted octanol–water partition coefficient (Wildman–Crippen LogP) is 4.45. The van der Waals surface area contributed by atoms with Crippen LogP contribution in [0.3, 0.4) is 0 Å². The number of thioether (sulfide) groups is 1. The zero-order valence-electron chi connectivity index (χ0n) is 17.3. The van der Waals surface area contributed by atoms with Crippen LogP contribution in [-0.4, -0.2) is 42.2 Å². The number of benzene rings is 2. The lowest BCUT2D eigenvalue weighted by Crippen LogP contribution is -2.36. The summed E-state index contributed by atoms with van der Waals surface area (Å²) in [7, 11) is 1.48. The van der Waals surface area contributed by atoms with Crippen molar-refractivity contribution in [1.29, 1.82) is 0 Å². The maximum atomic E-state index is 12.8. The topological polar surface area (TPSA) is 84.9 Å². The number of hydrogen-bond donors (Lipinski definition) is 1. The summed E-state index contributed by atoms with van der Waals surface area (Å²) < 4.78 is 11.4. The molecule has 3 amide bonds. The number of rotatable bonds is 7. The Bertz CT molecular complexity index is 1140. The van der Waals surface area contributed by atoms with E-state index >= 15 is 0 Å². The summed E-state index contributed by atoms with van der Waals surface area (Å²) in [4.78, 5) is 38.6. The van der Waals surface area contributed by atoms with Gasteiger partial charge in [-0.15, -0.1) is 6.42 Å². The third-order valence-corrected chi connectivity index (χ3v) is 5.99. The molecule has 3 rings (SSSR count). The van der Waals surface area contributed by atoms with Gasteiger partial charge in [0.05, 0.1) is 12.0 Å². The highest BCUT2D eigenvalue weighted by molar-refractivity contribution is 9.10. The second kappa shape index (κ2) is 10.4. The lowest BCUT2D eigenvalue weighted by molar-refractivity contribution is -0.127. The van der Waals surface area contributed by atoms with E-state index in [1.807, 2.05) is 19.1 Å². The molecule has 1 N–H and O–H groups in total. The molecular weight excluding hydrogens is 496 g/mol. The Morgan fingerprint density at radius 2 is 1.97 bits per heavy atom. The van der Waals surface area contributed by atoms with Gasteiger partial charge in [0.15, 0.2) is 11.5 Å². The number of hydrogen-bond acceptors (Lipinski definition) is 6. The summed E-state index contributed by atoms with van der Waals surface area (Å²) in [5.74, 6) is 2.24. The highest BCUT2D eigenvalue weighted by Gasteiger charge is 2.36. The molecule has 0 atom stereocenters. The van der Waals surface area contributed by atoms with Gasteiger partial charge in [0.2, 0.25) is 5.91 Å². The van der Waals surface area contributed by atoms with E-state index in [1.54, 1.807) is 30.3 Å². The predicted molar refractivity (Wildman–Crippen MR) is 128 cm³/mol. The maximum absolute atomic E-state index is 12.8. The molecule has 9 heteroatoms. The van der Waals surface area contributed by atoms with Gasteiger partial charge < -0.3 is 14.8 Å². The van der Waals surface area contributed by atoms with Crippen LogP contribution in [0.2, 0.25) is 0 Å². The molecule has 0 spiro atoms. The minimum Gasteiger partial charge on any atom is -0.493 e. The van der Waals surface area contributed by atoms with Crippen LogP contribution in [0.4, 0.5) is 10.5 Å². The van der Waals surface area contributed by atoms with Gasteiger partial charge in [-0.05, 0) is 54.6 Å². The van der Waals surface area contributed by atoms with E-state index in [4.69, 9.17) is 15.9 Å². The quantitative estimate of drug-likeness (QED) is 0.433. The van der Waals surface area contributed by atoms with Crippen LogP contribution in [0.1, 0.15) is 11.1 Å². The first-order chi connectivity index (χ1) is 15.3. The Morgan fingerprint density at radius 1 is 1.25 bits per heavy atom. The van der Waals surface area contributed by atoms with Gasteiger partial charge >= 0.3 is 0 Å².